The van der Waals surface area contributed by atoms with Crippen LogP contribution in [-0.2, 0) is 10.3 Å². The van der Waals surface area contributed by atoms with E-state index < -0.39 is 5.54 Å². The second kappa shape index (κ2) is 8.11. The minimum atomic E-state index is -1.09. The van der Waals surface area contributed by atoms with Crippen LogP contribution in [0.3, 0.4) is 0 Å². The van der Waals surface area contributed by atoms with Gasteiger partial charge in [0.15, 0.2) is 0 Å². The summed E-state index contributed by atoms with van der Waals surface area (Å²) in [6.07, 6.45) is 0.763. The van der Waals surface area contributed by atoms with Gasteiger partial charge in [0.2, 0.25) is 0 Å². The molecule has 0 saturated carbocycles. The maximum absolute atomic E-state index is 13.3. The summed E-state index contributed by atoms with van der Waals surface area (Å²) in [5.41, 5.74) is -0.313. The van der Waals surface area contributed by atoms with Gasteiger partial charge in [0.1, 0.15) is 17.4 Å². The number of ether oxygens (including phenoxy) is 1. The zero-order valence-corrected chi connectivity index (χ0v) is 18.5. The molecule has 2 fully saturated rings. The van der Waals surface area contributed by atoms with E-state index in [2.05, 4.69) is 10.2 Å². The lowest BCUT2D eigenvalue weighted by Crippen LogP contribution is -2.43. The highest BCUT2D eigenvalue weighted by molar-refractivity contribution is 6.32. The summed E-state index contributed by atoms with van der Waals surface area (Å²) in [6, 6.07) is 20.8. The van der Waals surface area contributed by atoms with Crippen molar-refractivity contribution in [2.45, 2.75) is 25.0 Å². The molecule has 3 aromatic carbocycles. The Hall–Kier alpha value is -3.09. The van der Waals surface area contributed by atoms with Gasteiger partial charge in [-0.1, -0.05) is 60.1 Å². The van der Waals surface area contributed by atoms with E-state index in [0.717, 1.165) is 29.3 Å². The lowest BCUT2D eigenvalue weighted by Gasteiger charge is -2.25. The van der Waals surface area contributed by atoms with Crippen molar-refractivity contribution in [1.82, 2.24) is 15.1 Å². The predicted octanol–water partition coefficient (Wildman–Crippen LogP) is 4.37. The molecule has 2 atom stereocenters. The van der Waals surface area contributed by atoms with Gasteiger partial charge in [0.05, 0.1) is 11.7 Å². The first-order valence-electron chi connectivity index (χ1n) is 10.7. The SMILES string of the molecule is CC1(c2ccc3ccccc3c2)NC(=O)N(CN2CCC(Oc3ccccc3Cl)C2)C1=O. The third-order valence-corrected chi connectivity index (χ3v) is 6.61. The molecule has 2 saturated heterocycles. The molecule has 7 heteroatoms. The van der Waals surface area contributed by atoms with Crippen molar-refractivity contribution in [3.8, 4) is 5.75 Å². The highest BCUT2D eigenvalue weighted by Gasteiger charge is 2.49. The fourth-order valence-electron chi connectivity index (χ4n) is 4.46. The molecular formula is C25H24ClN3O3. The van der Waals surface area contributed by atoms with Crippen LogP contribution in [0.4, 0.5) is 4.79 Å². The number of halogens is 1. The molecule has 1 N–H and O–H groups in total. The minimum absolute atomic E-state index is 0.0393. The smallest absolute Gasteiger partial charge is 0.326 e. The summed E-state index contributed by atoms with van der Waals surface area (Å²) in [5.74, 6) is 0.410. The van der Waals surface area contributed by atoms with Crippen LogP contribution in [0, 0.1) is 0 Å². The number of nitrogens with zero attached hydrogens (tertiary/aromatic N) is 2. The van der Waals surface area contributed by atoms with Gasteiger partial charge in [-0.3, -0.25) is 9.69 Å². The molecule has 6 nitrogen and oxygen atoms in total. The highest BCUT2D eigenvalue weighted by Crippen LogP contribution is 2.32. The van der Waals surface area contributed by atoms with Gasteiger partial charge >= 0.3 is 6.03 Å². The van der Waals surface area contributed by atoms with Crippen molar-refractivity contribution in [1.29, 1.82) is 0 Å². The first-order chi connectivity index (χ1) is 15.4. The molecule has 0 radical (unpaired) electrons. The lowest BCUT2D eigenvalue weighted by molar-refractivity contribution is -0.132. The average molecular weight is 450 g/mol. The number of hydrogen-bond donors (Lipinski definition) is 1. The second-order valence-electron chi connectivity index (χ2n) is 8.53. The number of carbonyl (C=O) groups is 2. The van der Waals surface area contributed by atoms with Crippen LogP contribution in [0.5, 0.6) is 5.75 Å². The number of likely N-dealkylation sites (tertiary alicyclic amines) is 1. The number of carbonyl (C=O) groups excluding carboxylic acids is 2. The number of nitrogens with one attached hydrogen (secondary N) is 1. The number of imide groups is 1. The number of amides is 3. The lowest BCUT2D eigenvalue weighted by atomic mass is 9.90. The first kappa shape index (κ1) is 20.8. The molecule has 0 aromatic heterocycles. The fourth-order valence-corrected chi connectivity index (χ4v) is 4.64. The Morgan fingerprint density at radius 1 is 1.06 bits per heavy atom. The summed E-state index contributed by atoms with van der Waals surface area (Å²) in [6.45, 7) is 3.36. The molecular weight excluding hydrogens is 426 g/mol. The van der Waals surface area contributed by atoms with E-state index in [0.29, 0.717) is 17.3 Å². The molecule has 3 aromatic rings. The molecule has 2 heterocycles. The molecule has 0 bridgehead atoms. The van der Waals surface area contributed by atoms with Gasteiger partial charge < -0.3 is 10.1 Å². The first-order valence-corrected chi connectivity index (χ1v) is 11.1. The number of urea groups is 1. The van der Waals surface area contributed by atoms with Crippen molar-refractivity contribution in [2.24, 2.45) is 0 Å². The normalized spacial score (nSPS) is 23.7. The van der Waals surface area contributed by atoms with E-state index in [1.807, 2.05) is 60.7 Å². The minimum Gasteiger partial charge on any atom is -0.487 e. The number of rotatable bonds is 5. The predicted molar refractivity (Wildman–Crippen MR) is 124 cm³/mol. The van der Waals surface area contributed by atoms with Crippen LogP contribution < -0.4 is 10.1 Å². The van der Waals surface area contributed by atoms with E-state index in [9.17, 15) is 9.59 Å². The third-order valence-electron chi connectivity index (χ3n) is 6.30. The van der Waals surface area contributed by atoms with Crippen LogP contribution in [0.2, 0.25) is 5.02 Å². The summed E-state index contributed by atoms with van der Waals surface area (Å²) >= 11 is 6.20. The van der Waals surface area contributed by atoms with E-state index in [1.54, 1.807) is 13.0 Å². The summed E-state index contributed by atoms with van der Waals surface area (Å²) in [7, 11) is 0. The van der Waals surface area contributed by atoms with Crippen molar-refractivity contribution < 1.29 is 14.3 Å². The Labute approximate surface area is 191 Å². The number of benzene rings is 3. The zero-order chi connectivity index (χ0) is 22.3. The van der Waals surface area contributed by atoms with Crippen LogP contribution in [0.15, 0.2) is 66.7 Å². The Morgan fingerprint density at radius 2 is 1.81 bits per heavy atom. The molecule has 2 unspecified atom stereocenters. The van der Waals surface area contributed by atoms with Crippen molar-refractivity contribution >= 4 is 34.3 Å². The molecule has 32 heavy (non-hydrogen) atoms. The maximum atomic E-state index is 13.3. The Kier molecular flexibility index (Phi) is 5.27. The number of para-hydroxylation sites is 1. The molecule has 3 amide bonds. The Bertz CT molecular complexity index is 1200. The van der Waals surface area contributed by atoms with E-state index in [1.165, 1.54) is 4.90 Å². The molecule has 2 aliphatic heterocycles. The van der Waals surface area contributed by atoms with Gasteiger partial charge in [0.25, 0.3) is 5.91 Å². The third kappa shape index (κ3) is 3.70. The zero-order valence-electron chi connectivity index (χ0n) is 17.8. The summed E-state index contributed by atoms with van der Waals surface area (Å²) < 4.78 is 6.03. The van der Waals surface area contributed by atoms with E-state index in [4.69, 9.17) is 16.3 Å². The largest absolute Gasteiger partial charge is 0.487 e. The number of hydrogen-bond acceptors (Lipinski definition) is 4. The van der Waals surface area contributed by atoms with Crippen molar-refractivity contribution in [2.75, 3.05) is 19.8 Å². The number of fused-ring (bicyclic) bond motifs is 1. The summed E-state index contributed by atoms with van der Waals surface area (Å²) in [5, 5.41) is 5.61. The van der Waals surface area contributed by atoms with Crippen molar-refractivity contribution in [3.63, 3.8) is 0 Å². The van der Waals surface area contributed by atoms with Crippen LogP contribution in [-0.4, -0.2) is 47.6 Å². The topological polar surface area (TPSA) is 61.9 Å². The average Bonchev–Trinajstić information content (AvgIpc) is 3.33. The van der Waals surface area contributed by atoms with Gasteiger partial charge in [-0.2, -0.15) is 0 Å². The maximum Gasteiger partial charge on any atom is 0.326 e. The monoisotopic (exact) mass is 449 g/mol. The Morgan fingerprint density at radius 3 is 2.62 bits per heavy atom. The van der Waals surface area contributed by atoms with E-state index >= 15 is 0 Å². The van der Waals surface area contributed by atoms with Crippen LogP contribution in [0.25, 0.3) is 10.8 Å². The van der Waals surface area contributed by atoms with Crippen LogP contribution >= 0.6 is 11.6 Å². The van der Waals surface area contributed by atoms with Gasteiger partial charge in [-0.25, -0.2) is 9.69 Å². The molecule has 0 aliphatic carbocycles. The molecule has 2 aliphatic rings. The second-order valence-corrected chi connectivity index (χ2v) is 8.93. The van der Waals surface area contributed by atoms with Crippen molar-refractivity contribution in [3.05, 3.63) is 77.3 Å². The summed E-state index contributed by atoms with van der Waals surface area (Å²) in [4.78, 5) is 29.5. The van der Waals surface area contributed by atoms with Gasteiger partial charge in [0, 0.05) is 13.1 Å². The van der Waals surface area contributed by atoms with E-state index in [-0.39, 0.29) is 24.7 Å². The van der Waals surface area contributed by atoms with Gasteiger partial charge in [-0.15, -0.1) is 0 Å². The van der Waals surface area contributed by atoms with Gasteiger partial charge in [-0.05, 0) is 47.9 Å². The standard InChI is InChI=1S/C25H24ClN3O3/c1-25(19-11-10-17-6-2-3-7-18(17)14-19)23(30)29(24(31)27-25)16-28-13-12-20(15-28)32-22-9-5-4-8-21(22)26/h2-11,14,20H,12-13,15-16H2,1H3,(H,27,31). The van der Waals surface area contributed by atoms with Crippen LogP contribution in [0.1, 0.15) is 18.9 Å². The molecule has 0 spiro atoms. The fraction of sp³-hybridized carbons (Fsp3) is 0.280. The Balaban J connectivity index is 1.28. The molecule has 5 rings (SSSR count). The molecule has 164 valence electrons. The quantitative estimate of drug-likeness (QED) is 0.587. The highest BCUT2D eigenvalue weighted by atomic mass is 35.5.